The zero-order chi connectivity index (χ0) is 11.8. The van der Waals surface area contributed by atoms with Crippen molar-refractivity contribution in [3.63, 3.8) is 0 Å². The molecule has 90 valence electrons. The number of aromatic nitrogens is 1. The zero-order valence-electron chi connectivity index (χ0n) is 9.82. The molecule has 16 heavy (non-hydrogen) atoms. The number of carbonyl (C=O) groups is 1. The molecule has 0 amide bonds. The molecule has 0 spiro atoms. The lowest BCUT2D eigenvalue weighted by Gasteiger charge is -2.12. The first-order valence-electron chi connectivity index (χ1n) is 5.85. The molecule has 1 aromatic heterocycles. The summed E-state index contributed by atoms with van der Waals surface area (Å²) in [7, 11) is 0. The van der Waals surface area contributed by atoms with Crippen molar-refractivity contribution < 1.29 is 4.79 Å². The van der Waals surface area contributed by atoms with Crippen LogP contribution < -0.4 is 5.73 Å². The van der Waals surface area contributed by atoms with Crippen molar-refractivity contribution in [2.75, 3.05) is 6.54 Å². The minimum Gasteiger partial charge on any atom is -0.330 e. The van der Waals surface area contributed by atoms with Crippen molar-refractivity contribution in [2.24, 2.45) is 11.7 Å². The van der Waals surface area contributed by atoms with E-state index in [0.29, 0.717) is 24.5 Å². The van der Waals surface area contributed by atoms with Gasteiger partial charge < -0.3 is 5.73 Å². The van der Waals surface area contributed by atoms with Crippen molar-refractivity contribution in [1.29, 1.82) is 0 Å². The summed E-state index contributed by atoms with van der Waals surface area (Å²) in [6, 6.07) is 0. The minimum absolute atomic E-state index is 0.319. The first-order valence-corrected chi connectivity index (χ1v) is 6.73. The van der Waals surface area contributed by atoms with Gasteiger partial charge in [0.25, 0.3) is 0 Å². The number of ketones is 1. The van der Waals surface area contributed by atoms with E-state index in [-0.39, 0.29) is 0 Å². The Morgan fingerprint density at radius 1 is 1.56 bits per heavy atom. The fourth-order valence-electron chi connectivity index (χ4n) is 1.77. The van der Waals surface area contributed by atoms with Crippen molar-refractivity contribution in [1.82, 2.24) is 4.98 Å². The summed E-state index contributed by atoms with van der Waals surface area (Å²) >= 11 is 1.55. The second-order valence-electron chi connectivity index (χ2n) is 4.07. The SMILES string of the molecule is CCC(CCN)CCC(=O)Cc1cncs1. The molecule has 1 aromatic rings. The van der Waals surface area contributed by atoms with Crippen molar-refractivity contribution in [2.45, 2.75) is 39.0 Å². The molecule has 0 saturated heterocycles. The molecule has 1 atom stereocenters. The summed E-state index contributed by atoms with van der Waals surface area (Å²) in [5.41, 5.74) is 7.30. The zero-order valence-corrected chi connectivity index (χ0v) is 10.6. The van der Waals surface area contributed by atoms with Gasteiger partial charge >= 0.3 is 0 Å². The van der Waals surface area contributed by atoms with Gasteiger partial charge in [-0.2, -0.15) is 0 Å². The summed E-state index contributed by atoms with van der Waals surface area (Å²) in [6.07, 6.45) is 6.13. The Kier molecular flexibility index (Phi) is 6.26. The summed E-state index contributed by atoms with van der Waals surface area (Å²) in [5, 5.41) is 0. The van der Waals surface area contributed by atoms with Crippen molar-refractivity contribution >= 4 is 17.1 Å². The normalized spacial score (nSPS) is 12.6. The third kappa shape index (κ3) is 4.86. The van der Waals surface area contributed by atoms with Gasteiger partial charge in [-0.3, -0.25) is 9.78 Å². The second kappa shape index (κ2) is 7.52. The van der Waals surface area contributed by atoms with E-state index in [0.717, 1.165) is 30.7 Å². The van der Waals surface area contributed by atoms with Gasteiger partial charge in [-0.05, 0) is 25.3 Å². The molecule has 0 aromatic carbocycles. The first kappa shape index (κ1) is 13.3. The average molecular weight is 240 g/mol. The van der Waals surface area contributed by atoms with Gasteiger partial charge in [0.2, 0.25) is 0 Å². The molecule has 0 fully saturated rings. The monoisotopic (exact) mass is 240 g/mol. The van der Waals surface area contributed by atoms with E-state index in [9.17, 15) is 4.79 Å². The Morgan fingerprint density at radius 2 is 2.38 bits per heavy atom. The Labute approximate surface area is 101 Å². The topological polar surface area (TPSA) is 56.0 Å². The van der Waals surface area contributed by atoms with Crippen LogP contribution in [0.3, 0.4) is 0 Å². The van der Waals surface area contributed by atoms with Crippen LogP contribution in [0.15, 0.2) is 11.7 Å². The Balaban J connectivity index is 2.24. The Hall–Kier alpha value is -0.740. The average Bonchev–Trinajstić information content (AvgIpc) is 2.76. The van der Waals surface area contributed by atoms with E-state index in [1.165, 1.54) is 0 Å². The molecule has 4 heteroatoms. The number of rotatable bonds is 8. The number of Topliss-reactive ketones (excluding diaryl/α,β-unsaturated/α-hetero) is 1. The predicted octanol–water partition coefficient (Wildman–Crippen LogP) is 2.41. The summed E-state index contributed by atoms with van der Waals surface area (Å²) in [5.74, 6) is 0.926. The lowest BCUT2D eigenvalue weighted by atomic mass is 9.95. The van der Waals surface area contributed by atoms with E-state index in [4.69, 9.17) is 5.73 Å². The number of nitrogens with zero attached hydrogens (tertiary/aromatic N) is 1. The molecule has 1 heterocycles. The van der Waals surface area contributed by atoms with E-state index < -0.39 is 0 Å². The highest BCUT2D eigenvalue weighted by atomic mass is 32.1. The molecule has 1 unspecified atom stereocenters. The van der Waals surface area contributed by atoms with Gasteiger partial charge in [-0.25, -0.2) is 0 Å². The third-order valence-electron chi connectivity index (χ3n) is 2.84. The number of hydrogen-bond acceptors (Lipinski definition) is 4. The summed E-state index contributed by atoms with van der Waals surface area (Å²) < 4.78 is 0. The predicted molar refractivity (Wildman–Crippen MR) is 67.5 cm³/mol. The standard InChI is InChI=1S/C12H20N2OS/c1-2-10(5-6-13)3-4-11(15)7-12-8-14-9-16-12/h8-10H,2-7,13H2,1H3. The van der Waals surface area contributed by atoms with Crippen LogP contribution in [0.5, 0.6) is 0 Å². The molecular weight excluding hydrogens is 220 g/mol. The van der Waals surface area contributed by atoms with Crippen LogP contribution in [0.2, 0.25) is 0 Å². The minimum atomic E-state index is 0.319. The van der Waals surface area contributed by atoms with Crippen molar-refractivity contribution in [3.05, 3.63) is 16.6 Å². The molecule has 0 bridgehead atoms. The maximum Gasteiger partial charge on any atom is 0.138 e. The van der Waals surface area contributed by atoms with Crippen LogP contribution in [0.25, 0.3) is 0 Å². The Morgan fingerprint density at radius 3 is 2.94 bits per heavy atom. The Bertz CT molecular complexity index is 298. The van der Waals surface area contributed by atoms with E-state index in [1.807, 2.05) is 0 Å². The van der Waals surface area contributed by atoms with Gasteiger partial charge in [0.1, 0.15) is 5.78 Å². The molecule has 0 radical (unpaired) electrons. The van der Waals surface area contributed by atoms with E-state index >= 15 is 0 Å². The van der Waals surface area contributed by atoms with Gasteiger partial charge in [0.05, 0.1) is 5.51 Å². The van der Waals surface area contributed by atoms with Gasteiger partial charge in [0, 0.05) is 23.9 Å². The van der Waals surface area contributed by atoms with Gasteiger partial charge in [0.15, 0.2) is 0 Å². The van der Waals surface area contributed by atoms with E-state index in [2.05, 4.69) is 11.9 Å². The maximum atomic E-state index is 11.7. The van der Waals surface area contributed by atoms with Crippen LogP contribution in [0, 0.1) is 5.92 Å². The molecule has 0 aliphatic carbocycles. The number of thiazole rings is 1. The highest BCUT2D eigenvalue weighted by Crippen LogP contribution is 2.16. The molecule has 3 nitrogen and oxygen atoms in total. The van der Waals surface area contributed by atoms with Crippen LogP contribution in [-0.4, -0.2) is 17.3 Å². The lowest BCUT2D eigenvalue weighted by Crippen LogP contribution is -2.10. The fourth-order valence-corrected chi connectivity index (χ4v) is 2.39. The van der Waals surface area contributed by atoms with Crippen molar-refractivity contribution in [3.8, 4) is 0 Å². The number of carbonyl (C=O) groups excluding carboxylic acids is 1. The number of nitrogens with two attached hydrogens (primary N) is 1. The molecule has 2 N–H and O–H groups in total. The van der Waals surface area contributed by atoms with Gasteiger partial charge in [-0.1, -0.05) is 13.3 Å². The fraction of sp³-hybridized carbons (Fsp3) is 0.667. The maximum absolute atomic E-state index is 11.7. The highest BCUT2D eigenvalue weighted by Gasteiger charge is 2.10. The smallest absolute Gasteiger partial charge is 0.138 e. The third-order valence-corrected chi connectivity index (χ3v) is 3.62. The second-order valence-corrected chi connectivity index (χ2v) is 5.04. The first-order chi connectivity index (χ1) is 7.76. The van der Waals surface area contributed by atoms with Crippen LogP contribution >= 0.6 is 11.3 Å². The highest BCUT2D eigenvalue weighted by molar-refractivity contribution is 7.09. The summed E-state index contributed by atoms with van der Waals surface area (Å²) in [4.78, 5) is 16.7. The molecule has 0 aliphatic rings. The van der Waals surface area contributed by atoms with E-state index in [1.54, 1.807) is 23.0 Å². The lowest BCUT2D eigenvalue weighted by molar-refractivity contribution is -0.118. The largest absolute Gasteiger partial charge is 0.330 e. The molecule has 1 rings (SSSR count). The van der Waals surface area contributed by atoms with Crippen LogP contribution in [0.1, 0.15) is 37.5 Å². The quantitative estimate of drug-likeness (QED) is 0.759. The molecule has 0 aliphatic heterocycles. The van der Waals surface area contributed by atoms with Crippen LogP contribution in [-0.2, 0) is 11.2 Å². The number of hydrogen-bond donors (Lipinski definition) is 1. The molecule has 0 saturated carbocycles. The molecular formula is C12H20N2OS. The van der Waals surface area contributed by atoms with Gasteiger partial charge in [-0.15, -0.1) is 11.3 Å². The van der Waals surface area contributed by atoms with Crippen LogP contribution in [0.4, 0.5) is 0 Å². The summed E-state index contributed by atoms with van der Waals surface area (Å²) in [6.45, 7) is 2.88.